The number of aromatic nitrogens is 1. The summed E-state index contributed by atoms with van der Waals surface area (Å²) >= 11 is 0. The van der Waals surface area contributed by atoms with Gasteiger partial charge in [-0.3, -0.25) is 14.6 Å². The van der Waals surface area contributed by atoms with E-state index >= 15 is 0 Å². The maximum absolute atomic E-state index is 13.1. The lowest BCUT2D eigenvalue weighted by molar-refractivity contribution is -0.140. The molecule has 8 nitrogen and oxygen atoms in total. The number of methoxy groups -OCH3 is 2. The highest BCUT2D eigenvalue weighted by atomic mass is 16.5. The molecule has 2 heterocycles. The number of pyridine rings is 1. The molecule has 1 aromatic heterocycles. The highest BCUT2D eigenvalue weighted by molar-refractivity contribution is 6.46. The van der Waals surface area contributed by atoms with Crippen LogP contribution in [-0.2, 0) is 9.59 Å². The predicted octanol–water partition coefficient (Wildman–Crippen LogP) is 2.86. The summed E-state index contributed by atoms with van der Waals surface area (Å²) in [6, 6.07) is 9.37. The number of ether oxygens (including phenoxy) is 2. The average molecular weight is 440 g/mol. The Morgan fingerprint density at radius 2 is 1.81 bits per heavy atom. The Morgan fingerprint density at radius 3 is 2.41 bits per heavy atom. The van der Waals surface area contributed by atoms with Gasteiger partial charge in [0, 0.05) is 24.8 Å². The zero-order valence-electron chi connectivity index (χ0n) is 18.9. The van der Waals surface area contributed by atoms with E-state index in [2.05, 4.69) is 9.88 Å². The lowest BCUT2D eigenvalue weighted by Gasteiger charge is -2.27. The summed E-state index contributed by atoms with van der Waals surface area (Å²) in [7, 11) is 3.00. The second-order valence-corrected chi connectivity index (χ2v) is 7.34. The molecule has 0 aliphatic carbocycles. The smallest absolute Gasteiger partial charge is 0.295 e. The van der Waals surface area contributed by atoms with Crippen LogP contribution in [0.2, 0.25) is 0 Å². The molecule has 0 saturated carbocycles. The first-order valence-electron chi connectivity index (χ1n) is 10.6. The van der Waals surface area contributed by atoms with Gasteiger partial charge in [-0.2, -0.15) is 0 Å². The summed E-state index contributed by atoms with van der Waals surface area (Å²) in [6.07, 6.45) is 1.61. The van der Waals surface area contributed by atoms with E-state index in [0.29, 0.717) is 35.8 Å². The highest BCUT2D eigenvalue weighted by Crippen LogP contribution is 2.39. The van der Waals surface area contributed by atoms with E-state index in [1.54, 1.807) is 42.6 Å². The van der Waals surface area contributed by atoms with Gasteiger partial charge in [-0.15, -0.1) is 0 Å². The van der Waals surface area contributed by atoms with Crippen LogP contribution in [0.5, 0.6) is 11.5 Å². The van der Waals surface area contributed by atoms with Gasteiger partial charge in [0.05, 0.1) is 25.5 Å². The standard InChI is InChI=1S/C24H29N3O5/c1-5-26(6-2)13-14-27-21(17-9-7-8-12-25-17)20(23(29)24(27)30)22(28)16-10-11-18(31-3)19(15-16)32-4/h7-12,15,21,28H,5-6,13-14H2,1-4H3/b22-20+/t21-/m0/s1. The molecule has 1 amide bonds. The summed E-state index contributed by atoms with van der Waals surface area (Å²) in [5, 5.41) is 11.2. The van der Waals surface area contributed by atoms with E-state index in [-0.39, 0.29) is 11.3 Å². The van der Waals surface area contributed by atoms with Gasteiger partial charge in [0.2, 0.25) is 0 Å². The number of carbonyl (C=O) groups excluding carboxylic acids is 2. The SMILES string of the molecule is CCN(CC)CCN1C(=O)C(=O)/C(=C(/O)c2ccc(OC)c(OC)c2)[C@@H]1c1ccccn1. The minimum Gasteiger partial charge on any atom is -0.507 e. The number of rotatable bonds is 9. The maximum Gasteiger partial charge on any atom is 0.295 e. The Labute approximate surface area is 188 Å². The van der Waals surface area contributed by atoms with Gasteiger partial charge in [-0.05, 0) is 43.4 Å². The van der Waals surface area contributed by atoms with E-state index in [9.17, 15) is 14.7 Å². The third-order valence-corrected chi connectivity index (χ3v) is 5.72. The monoisotopic (exact) mass is 439 g/mol. The number of likely N-dealkylation sites (tertiary alicyclic amines) is 1. The van der Waals surface area contributed by atoms with Crippen LogP contribution in [0.4, 0.5) is 0 Å². The molecule has 0 unspecified atom stereocenters. The quantitative estimate of drug-likeness (QED) is 0.365. The van der Waals surface area contributed by atoms with E-state index < -0.39 is 17.7 Å². The number of carbonyl (C=O) groups is 2. The molecule has 1 saturated heterocycles. The van der Waals surface area contributed by atoms with Gasteiger partial charge in [-0.1, -0.05) is 19.9 Å². The molecule has 1 aliphatic heterocycles. The van der Waals surface area contributed by atoms with Crippen LogP contribution in [0.1, 0.15) is 31.1 Å². The fourth-order valence-electron chi connectivity index (χ4n) is 3.88. The first-order chi connectivity index (χ1) is 15.5. The molecule has 1 aromatic carbocycles. The van der Waals surface area contributed by atoms with Crippen LogP contribution < -0.4 is 9.47 Å². The minimum absolute atomic E-state index is 0.0143. The van der Waals surface area contributed by atoms with Crippen LogP contribution in [0, 0.1) is 0 Å². The maximum atomic E-state index is 13.1. The molecular formula is C24H29N3O5. The van der Waals surface area contributed by atoms with Crippen LogP contribution in [0.15, 0.2) is 48.2 Å². The summed E-state index contributed by atoms with van der Waals surface area (Å²) in [5.74, 6) is -0.751. The number of hydrogen-bond donors (Lipinski definition) is 1. The van der Waals surface area contributed by atoms with Crippen LogP contribution in [0.25, 0.3) is 5.76 Å². The molecule has 2 aromatic rings. The molecule has 8 heteroatoms. The number of aliphatic hydroxyl groups is 1. The van der Waals surface area contributed by atoms with Gasteiger partial charge >= 0.3 is 0 Å². The van der Waals surface area contributed by atoms with Crippen molar-refractivity contribution in [3.8, 4) is 11.5 Å². The van der Waals surface area contributed by atoms with Gasteiger partial charge in [0.15, 0.2) is 11.5 Å². The Morgan fingerprint density at radius 1 is 1.09 bits per heavy atom. The van der Waals surface area contributed by atoms with Crippen molar-refractivity contribution in [3.63, 3.8) is 0 Å². The summed E-state index contributed by atoms with van der Waals surface area (Å²) < 4.78 is 10.6. The van der Waals surface area contributed by atoms with Crippen molar-refractivity contribution in [1.29, 1.82) is 0 Å². The topological polar surface area (TPSA) is 92.2 Å². The third-order valence-electron chi connectivity index (χ3n) is 5.72. The summed E-state index contributed by atoms with van der Waals surface area (Å²) in [6.45, 7) is 6.71. The van der Waals surface area contributed by atoms with Crippen molar-refractivity contribution >= 4 is 17.4 Å². The minimum atomic E-state index is -0.778. The highest BCUT2D eigenvalue weighted by Gasteiger charge is 2.46. The number of aliphatic hydroxyl groups excluding tert-OH is 1. The zero-order chi connectivity index (χ0) is 23.3. The fourth-order valence-corrected chi connectivity index (χ4v) is 3.88. The first-order valence-corrected chi connectivity index (χ1v) is 10.6. The second kappa shape index (κ2) is 10.3. The number of benzene rings is 1. The van der Waals surface area contributed by atoms with Crippen molar-refractivity contribution in [2.45, 2.75) is 19.9 Å². The fraction of sp³-hybridized carbons (Fsp3) is 0.375. The lowest BCUT2D eigenvalue weighted by atomic mass is 9.98. The second-order valence-electron chi connectivity index (χ2n) is 7.34. The average Bonchev–Trinajstić information content (AvgIpc) is 3.09. The number of likely N-dealkylation sites (N-methyl/N-ethyl adjacent to an activating group) is 1. The molecule has 1 aliphatic rings. The number of ketones is 1. The molecule has 170 valence electrons. The lowest BCUT2D eigenvalue weighted by Crippen LogP contribution is -2.38. The van der Waals surface area contributed by atoms with Crippen molar-refractivity contribution < 1.29 is 24.2 Å². The normalized spacial score (nSPS) is 17.8. The largest absolute Gasteiger partial charge is 0.507 e. The molecule has 0 radical (unpaired) electrons. The first kappa shape index (κ1) is 23.3. The number of nitrogens with zero attached hydrogens (tertiary/aromatic N) is 3. The number of hydrogen-bond acceptors (Lipinski definition) is 7. The molecule has 3 rings (SSSR count). The zero-order valence-corrected chi connectivity index (χ0v) is 18.9. The van der Waals surface area contributed by atoms with Gasteiger partial charge in [-0.25, -0.2) is 0 Å². The van der Waals surface area contributed by atoms with Crippen LogP contribution in [-0.4, -0.2) is 72.0 Å². The molecular weight excluding hydrogens is 410 g/mol. The van der Waals surface area contributed by atoms with Crippen molar-refractivity contribution in [1.82, 2.24) is 14.8 Å². The molecule has 1 atom stereocenters. The van der Waals surface area contributed by atoms with E-state index in [1.165, 1.54) is 19.1 Å². The number of amides is 1. The van der Waals surface area contributed by atoms with E-state index in [1.807, 2.05) is 13.8 Å². The Kier molecular flexibility index (Phi) is 7.48. The number of Topliss-reactive ketones (excluding diaryl/α,β-unsaturated/α-hetero) is 1. The van der Waals surface area contributed by atoms with E-state index in [4.69, 9.17) is 9.47 Å². The van der Waals surface area contributed by atoms with Crippen molar-refractivity contribution in [2.24, 2.45) is 0 Å². The summed E-state index contributed by atoms with van der Waals surface area (Å²) in [4.78, 5) is 34.1. The molecule has 1 fully saturated rings. The molecule has 1 N–H and O–H groups in total. The Balaban J connectivity index is 2.10. The van der Waals surface area contributed by atoms with Crippen LogP contribution in [0.3, 0.4) is 0 Å². The van der Waals surface area contributed by atoms with Crippen LogP contribution >= 0.6 is 0 Å². The predicted molar refractivity (Wildman–Crippen MR) is 121 cm³/mol. The summed E-state index contributed by atoms with van der Waals surface area (Å²) in [5.41, 5.74) is 0.888. The molecule has 0 bridgehead atoms. The van der Waals surface area contributed by atoms with Gasteiger partial charge in [0.1, 0.15) is 11.8 Å². The van der Waals surface area contributed by atoms with Crippen molar-refractivity contribution in [3.05, 3.63) is 59.4 Å². The Hall–Kier alpha value is -3.39. The van der Waals surface area contributed by atoms with E-state index in [0.717, 1.165) is 13.1 Å². The third kappa shape index (κ3) is 4.45. The molecule has 0 spiro atoms. The molecule has 32 heavy (non-hydrogen) atoms. The Bertz CT molecular complexity index is 1000. The van der Waals surface area contributed by atoms with Gasteiger partial charge in [0.25, 0.3) is 11.7 Å². The van der Waals surface area contributed by atoms with Gasteiger partial charge < -0.3 is 24.4 Å². The van der Waals surface area contributed by atoms with Crippen molar-refractivity contribution in [2.75, 3.05) is 40.4 Å².